The number of Topliss-reactive ketones (excluding diaryl/α,β-unsaturated/α-hetero) is 1. The lowest BCUT2D eigenvalue weighted by Crippen LogP contribution is -2.37. The minimum Gasteiger partial charge on any atom is -0.368 e. The highest BCUT2D eigenvalue weighted by Gasteiger charge is 2.13. The van der Waals surface area contributed by atoms with Crippen LogP contribution in [0.1, 0.15) is 47.1 Å². The van der Waals surface area contributed by atoms with Gasteiger partial charge in [-0.2, -0.15) is 0 Å². The molecule has 3 N–H and O–H groups in total. The fraction of sp³-hybridized carbons (Fsp3) is 0.214. The molecule has 0 aliphatic carbocycles. The molecule has 0 aliphatic heterocycles. The zero-order valence-electron chi connectivity index (χ0n) is 20.0. The van der Waals surface area contributed by atoms with Crippen molar-refractivity contribution in [3.63, 3.8) is 0 Å². The lowest BCUT2D eigenvalue weighted by Gasteiger charge is -2.15. The summed E-state index contributed by atoms with van der Waals surface area (Å²) in [5.74, 6) is 0.0107. The van der Waals surface area contributed by atoms with E-state index in [1.807, 2.05) is 31.2 Å². The van der Waals surface area contributed by atoms with Crippen LogP contribution in [0.15, 0.2) is 71.7 Å². The van der Waals surface area contributed by atoms with Gasteiger partial charge in [0.2, 0.25) is 5.43 Å². The van der Waals surface area contributed by atoms with Gasteiger partial charge in [0.15, 0.2) is 5.78 Å². The van der Waals surface area contributed by atoms with E-state index in [1.165, 1.54) is 18.7 Å². The molecule has 1 atom stereocenters. The maximum Gasteiger partial charge on any atom is 0.251 e. The van der Waals surface area contributed by atoms with Crippen molar-refractivity contribution in [1.82, 2.24) is 15.3 Å². The number of amides is 1. The number of aryl methyl sites for hydroxylation is 1. The van der Waals surface area contributed by atoms with Crippen LogP contribution in [0.3, 0.4) is 0 Å². The average Bonchev–Trinajstić information content (AvgIpc) is 2.87. The zero-order chi connectivity index (χ0) is 24.9. The Kier molecular flexibility index (Phi) is 7.06. The molecule has 0 bridgehead atoms. The summed E-state index contributed by atoms with van der Waals surface area (Å²) in [6, 6.07) is 19.3. The quantitative estimate of drug-likeness (QED) is 0.328. The van der Waals surface area contributed by atoms with Crippen LogP contribution in [-0.4, -0.2) is 34.2 Å². The number of rotatable bonds is 8. The molecule has 7 heteroatoms. The fourth-order valence-electron chi connectivity index (χ4n) is 3.81. The minimum absolute atomic E-state index is 0.0757. The Morgan fingerprint density at radius 3 is 2.26 bits per heavy atom. The molecule has 0 radical (unpaired) electrons. The Bertz CT molecular complexity index is 1420. The van der Waals surface area contributed by atoms with E-state index in [4.69, 9.17) is 0 Å². The van der Waals surface area contributed by atoms with E-state index >= 15 is 0 Å². The Balaban J connectivity index is 1.37. The number of carbonyl (C=O) groups excluding carboxylic acids is 2. The molecule has 0 unspecified atom stereocenters. The van der Waals surface area contributed by atoms with Gasteiger partial charge in [-0.15, -0.1) is 0 Å². The molecule has 0 saturated heterocycles. The van der Waals surface area contributed by atoms with E-state index in [0.29, 0.717) is 23.4 Å². The van der Waals surface area contributed by atoms with Gasteiger partial charge in [0.05, 0.1) is 11.1 Å². The maximum absolute atomic E-state index is 12.7. The van der Waals surface area contributed by atoms with Crippen molar-refractivity contribution in [1.29, 1.82) is 0 Å². The van der Waals surface area contributed by atoms with Crippen LogP contribution in [0.4, 0.5) is 5.82 Å². The first-order valence-electron chi connectivity index (χ1n) is 11.6. The molecule has 0 spiro atoms. The van der Waals surface area contributed by atoms with Gasteiger partial charge in [-0.3, -0.25) is 14.4 Å². The van der Waals surface area contributed by atoms with Crippen molar-refractivity contribution in [3.05, 3.63) is 93.8 Å². The van der Waals surface area contributed by atoms with E-state index in [1.54, 1.807) is 12.1 Å². The number of H-pyrrole nitrogens is 1. The van der Waals surface area contributed by atoms with Gasteiger partial charge in [-0.05, 0) is 61.2 Å². The third-order valence-corrected chi connectivity index (χ3v) is 5.92. The molecule has 7 nitrogen and oxygen atoms in total. The van der Waals surface area contributed by atoms with Gasteiger partial charge in [-0.1, -0.05) is 43.3 Å². The predicted molar refractivity (Wildman–Crippen MR) is 139 cm³/mol. The monoisotopic (exact) mass is 468 g/mol. The van der Waals surface area contributed by atoms with Crippen molar-refractivity contribution >= 4 is 28.5 Å². The molecule has 2 aromatic heterocycles. The van der Waals surface area contributed by atoms with E-state index < -0.39 is 5.43 Å². The van der Waals surface area contributed by atoms with E-state index in [-0.39, 0.29) is 28.8 Å². The van der Waals surface area contributed by atoms with Crippen molar-refractivity contribution in [2.24, 2.45) is 0 Å². The fourth-order valence-corrected chi connectivity index (χ4v) is 3.81. The Morgan fingerprint density at radius 2 is 1.63 bits per heavy atom. The summed E-state index contributed by atoms with van der Waals surface area (Å²) in [7, 11) is 0. The summed E-state index contributed by atoms with van der Waals surface area (Å²) in [6.45, 7) is 5.77. The van der Waals surface area contributed by atoms with Gasteiger partial charge in [0.1, 0.15) is 11.3 Å². The number of nitrogens with zero attached hydrogens (tertiary/aromatic N) is 1. The maximum atomic E-state index is 12.7. The van der Waals surface area contributed by atoms with Crippen LogP contribution >= 0.6 is 0 Å². The standard InChI is InChI=1S/C28H28N4O3/c1-4-19-5-7-20(8-6-19)21-9-11-22(12-10-21)28(35)31-17(2)15-30-25-14-13-24-26(32-25)27(34)23(16-29-24)18(3)33/h5-14,16-17H,4,15H2,1-3H3,(H,29,34)(H,30,32)(H,31,35)/t17-/m0/s1. The second-order valence-electron chi connectivity index (χ2n) is 8.56. The van der Waals surface area contributed by atoms with Crippen LogP contribution in [0.25, 0.3) is 22.2 Å². The number of hydrogen-bond donors (Lipinski definition) is 3. The van der Waals surface area contributed by atoms with Crippen molar-refractivity contribution < 1.29 is 9.59 Å². The summed E-state index contributed by atoms with van der Waals surface area (Å²) >= 11 is 0. The summed E-state index contributed by atoms with van der Waals surface area (Å²) in [5.41, 5.74) is 4.47. The molecule has 0 fully saturated rings. The SMILES string of the molecule is CCc1ccc(-c2ccc(C(=O)N[C@@H](C)CNc3ccc4[nH]cc(C(C)=O)c(=O)c4n3)cc2)cc1. The molecule has 2 aromatic carbocycles. The van der Waals surface area contributed by atoms with Crippen LogP contribution in [0.2, 0.25) is 0 Å². The number of ketones is 1. The number of pyridine rings is 2. The van der Waals surface area contributed by atoms with Gasteiger partial charge in [0.25, 0.3) is 5.91 Å². The Labute approximate surface area is 203 Å². The molecule has 2 heterocycles. The summed E-state index contributed by atoms with van der Waals surface area (Å²) in [5, 5.41) is 6.12. The number of aromatic nitrogens is 2. The third kappa shape index (κ3) is 5.46. The highest BCUT2D eigenvalue weighted by Crippen LogP contribution is 2.20. The number of benzene rings is 2. The Morgan fingerprint density at radius 1 is 0.971 bits per heavy atom. The summed E-state index contributed by atoms with van der Waals surface area (Å²) in [6.07, 6.45) is 2.41. The van der Waals surface area contributed by atoms with E-state index in [2.05, 4.69) is 51.8 Å². The van der Waals surface area contributed by atoms with E-state index in [9.17, 15) is 14.4 Å². The molecular formula is C28H28N4O3. The second kappa shape index (κ2) is 10.3. The third-order valence-electron chi connectivity index (χ3n) is 5.92. The lowest BCUT2D eigenvalue weighted by molar-refractivity contribution is 0.0941. The highest BCUT2D eigenvalue weighted by molar-refractivity contribution is 5.96. The first-order chi connectivity index (χ1) is 16.9. The smallest absolute Gasteiger partial charge is 0.251 e. The normalized spacial score (nSPS) is 11.7. The topological polar surface area (TPSA) is 104 Å². The molecule has 1 amide bonds. The average molecular weight is 469 g/mol. The minimum atomic E-state index is -0.402. The van der Waals surface area contributed by atoms with Crippen LogP contribution in [0.5, 0.6) is 0 Å². The van der Waals surface area contributed by atoms with Crippen LogP contribution in [0, 0.1) is 0 Å². The summed E-state index contributed by atoms with van der Waals surface area (Å²) in [4.78, 5) is 44.1. The second-order valence-corrected chi connectivity index (χ2v) is 8.56. The Hall–Kier alpha value is -4.26. The molecule has 178 valence electrons. The van der Waals surface area contributed by atoms with E-state index in [0.717, 1.165) is 17.5 Å². The molecular weight excluding hydrogens is 440 g/mol. The highest BCUT2D eigenvalue weighted by atomic mass is 16.2. The van der Waals surface area contributed by atoms with Gasteiger partial charge >= 0.3 is 0 Å². The number of carbonyl (C=O) groups is 2. The number of anilines is 1. The summed E-state index contributed by atoms with van der Waals surface area (Å²) < 4.78 is 0. The van der Waals surface area contributed by atoms with Crippen molar-refractivity contribution in [3.8, 4) is 11.1 Å². The molecule has 0 saturated carbocycles. The number of hydrogen-bond acceptors (Lipinski definition) is 5. The number of aromatic amines is 1. The van der Waals surface area contributed by atoms with Crippen molar-refractivity contribution in [2.45, 2.75) is 33.2 Å². The van der Waals surface area contributed by atoms with Crippen LogP contribution < -0.4 is 16.1 Å². The largest absolute Gasteiger partial charge is 0.368 e. The zero-order valence-corrected chi connectivity index (χ0v) is 20.0. The number of fused-ring (bicyclic) bond motifs is 1. The first kappa shape index (κ1) is 23.9. The molecule has 0 aliphatic rings. The van der Waals surface area contributed by atoms with Crippen molar-refractivity contribution in [2.75, 3.05) is 11.9 Å². The molecule has 35 heavy (non-hydrogen) atoms. The van der Waals surface area contributed by atoms with Crippen LogP contribution in [-0.2, 0) is 6.42 Å². The predicted octanol–water partition coefficient (Wildman–Crippen LogP) is 4.59. The van der Waals surface area contributed by atoms with Gasteiger partial charge < -0.3 is 15.6 Å². The lowest BCUT2D eigenvalue weighted by atomic mass is 10.0. The van der Waals surface area contributed by atoms with Gasteiger partial charge in [-0.25, -0.2) is 4.98 Å². The molecule has 4 aromatic rings. The first-order valence-corrected chi connectivity index (χ1v) is 11.6. The van der Waals surface area contributed by atoms with Gasteiger partial charge in [0, 0.05) is 24.3 Å². The number of nitrogens with one attached hydrogen (secondary N) is 3. The molecule has 4 rings (SSSR count).